The van der Waals surface area contributed by atoms with E-state index in [4.69, 9.17) is 4.74 Å². The first kappa shape index (κ1) is 24.6. The molecule has 7 nitrogen and oxygen atoms in total. The predicted molar refractivity (Wildman–Crippen MR) is 140 cm³/mol. The molecule has 4 amide bonds. The molecular weight excluding hydrogens is 466 g/mol. The fourth-order valence-corrected chi connectivity index (χ4v) is 5.22. The molecule has 1 saturated heterocycles. The van der Waals surface area contributed by atoms with Gasteiger partial charge in [-0.25, -0.2) is 4.79 Å². The Hall–Kier alpha value is -4.13. The lowest BCUT2D eigenvalue weighted by Gasteiger charge is -2.33. The number of imide groups is 1. The number of carbonyl (C=O) groups is 3. The predicted octanol–water partition coefficient (Wildman–Crippen LogP) is 4.40. The van der Waals surface area contributed by atoms with Crippen LogP contribution in [0.3, 0.4) is 0 Å². The molecule has 1 heterocycles. The molecule has 1 atom stereocenters. The van der Waals surface area contributed by atoms with Crippen molar-refractivity contribution in [1.29, 1.82) is 0 Å². The van der Waals surface area contributed by atoms with Gasteiger partial charge in [0.25, 0.3) is 5.91 Å². The van der Waals surface area contributed by atoms with Gasteiger partial charge in [-0.3, -0.25) is 14.5 Å². The van der Waals surface area contributed by atoms with Crippen LogP contribution in [0.5, 0.6) is 5.75 Å². The summed E-state index contributed by atoms with van der Waals surface area (Å²) in [5.41, 5.74) is 2.88. The Morgan fingerprint density at radius 2 is 1.70 bits per heavy atom. The molecule has 1 aliphatic heterocycles. The first-order valence-electron chi connectivity index (χ1n) is 12.8. The largest absolute Gasteiger partial charge is 0.489 e. The first-order chi connectivity index (χ1) is 18.0. The highest BCUT2D eigenvalue weighted by molar-refractivity contribution is 6.09. The van der Waals surface area contributed by atoms with Gasteiger partial charge < -0.3 is 15.0 Å². The summed E-state index contributed by atoms with van der Waals surface area (Å²) in [5, 5.41) is 2.92. The van der Waals surface area contributed by atoms with Crippen molar-refractivity contribution in [2.75, 3.05) is 13.1 Å². The lowest BCUT2D eigenvalue weighted by Crippen LogP contribution is -2.47. The lowest BCUT2D eigenvalue weighted by atomic mass is 9.76. The van der Waals surface area contributed by atoms with Crippen molar-refractivity contribution in [3.05, 3.63) is 101 Å². The number of hydrogen-bond donors (Lipinski definition) is 1. The van der Waals surface area contributed by atoms with Gasteiger partial charge in [0.15, 0.2) is 0 Å². The Morgan fingerprint density at radius 1 is 0.973 bits per heavy atom. The van der Waals surface area contributed by atoms with E-state index in [9.17, 15) is 14.4 Å². The van der Waals surface area contributed by atoms with E-state index in [-0.39, 0.29) is 18.4 Å². The number of benzene rings is 3. The van der Waals surface area contributed by atoms with Crippen LogP contribution in [0, 0.1) is 0 Å². The van der Waals surface area contributed by atoms with Gasteiger partial charge in [-0.15, -0.1) is 0 Å². The zero-order valence-corrected chi connectivity index (χ0v) is 21.0. The van der Waals surface area contributed by atoms with Gasteiger partial charge in [0.2, 0.25) is 5.91 Å². The summed E-state index contributed by atoms with van der Waals surface area (Å²) in [6, 6.07) is 24.8. The Morgan fingerprint density at radius 3 is 2.46 bits per heavy atom. The second kappa shape index (κ2) is 10.5. The van der Waals surface area contributed by atoms with E-state index in [1.165, 1.54) is 0 Å². The molecule has 5 rings (SSSR count). The van der Waals surface area contributed by atoms with Crippen LogP contribution in [0.1, 0.15) is 42.0 Å². The maximum atomic E-state index is 13.5. The second-order valence-corrected chi connectivity index (χ2v) is 9.56. The van der Waals surface area contributed by atoms with E-state index in [0.29, 0.717) is 26.1 Å². The van der Waals surface area contributed by atoms with Gasteiger partial charge in [0.1, 0.15) is 24.4 Å². The Balaban J connectivity index is 1.22. The summed E-state index contributed by atoms with van der Waals surface area (Å²) in [5.74, 6) is 0.143. The van der Waals surface area contributed by atoms with E-state index >= 15 is 0 Å². The van der Waals surface area contributed by atoms with E-state index in [1.54, 1.807) is 4.90 Å². The number of aryl methyl sites for hydroxylation is 1. The van der Waals surface area contributed by atoms with Gasteiger partial charge in [-0.2, -0.15) is 0 Å². The fourth-order valence-electron chi connectivity index (χ4n) is 5.22. The third kappa shape index (κ3) is 4.94. The molecule has 1 aliphatic carbocycles. The smallest absolute Gasteiger partial charge is 0.325 e. The van der Waals surface area contributed by atoms with E-state index < -0.39 is 11.6 Å². The molecule has 0 aromatic heterocycles. The van der Waals surface area contributed by atoms with Crippen molar-refractivity contribution in [2.24, 2.45) is 0 Å². The number of amides is 4. The molecule has 2 aliphatic rings. The van der Waals surface area contributed by atoms with Crippen molar-refractivity contribution >= 4 is 17.8 Å². The van der Waals surface area contributed by atoms with Crippen molar-refractivity contribution in [3.63, 3.8) is 0 Å². The Labute approximate surface area is 217 Å². The number of ether oxygens (including phenoxy) is 1. The van der Waals surface area contributed by atoms with Crippen molar-refractivity contribution in [3.8, 4) is 5.75 Å². The average molecular weight is 498 g/mol. The average Bonchev–Trinajstić information content (AvgIpc) is 3.16. The van der Waals surface area contributed by atoms with Crippen LogP contribution in [-0.2, 0) is 34.7 Å². The molecule has 7 heteroatoms. The number of rotatable bonds is 8. The summed E-state index contributed by atoms with van der Waals surface area (Å²) in [7, 11) is 0. The first-order valence-corrected chi connectivity index (χ1v) is 12.8. The third-order valence-electron chi connectivity index (χ3n) is 7.22. The van der Waals surface area contributed by atoms with Crippen LogP contribution < -0.4 is 10.1 Å². The summed E-state index contributed by atoms with van der Waals surface area (Å²) in [4.78, 5) is 42.3. The molecule has 0 saturated carbocycles. The van der Waals surface area contributed by atoms with Crippen LogP contribution in [0.4, 0.5) is 4.79 Å². The molecule has 0 radical (unpaired) electrons. The normalized spacial score (nSPS) is 18.5. The number of carbonyl (C=O) groups excluding carboxylic acids is 3. The molecule has 1 fully saturated rings. The number of urea groups is 1. The van der Waals surface area contributed by atoms with Crippen LogP contribution in [-0.4, -0.2) is 40.7 Å². The molecular formula is C30H31N3O4. The number of fused-ring (bicyclic) bond motifs is 2. The summed E-state index contributed by atoms with van der Waals surface area (Å²) >= 11 is 0. The number of likely N-dealkylation sites (N-methyl/N-ethyl adjacent to an activating group) is 1. The monoisotopic (exact) mass is 497 g/mol. The van der Waals surface area contributed by atoms with E-state index in [0.717, 1.165) is 45.7 Å². The molecule has 37 heavy (non-hydrogen) atoms. The Kier molecular flexibility index (Phi) is 6.95. The van der Waals surface area contributed by atoms with Crippen LogP contribution >= 0.6 is 0 Å². The van der Waals surface area contributed by atoms with Crippen molar-refractivity contribution in [1.82, 2.24) is 15.1 Å². The molecule has 3 aromatic carbocycles. The lowest BCUT2D eigenvalue weighted by molar-refractivity contribution is -0.139. The van der Waals surface area contributed by atoms with E-state index in [1.807, 2.05) is 85.8 Å². The topological polar surface area (TPSA) is 79.0 Å². The highest BCUT2D eigenvalue weighted by Gasteiger charge is 2.54. The SMILES string of the molecule is CCN(Cc1ccc(OCc2ccccc2)cc1)C(=O)CN1C(=O)N[C@@]2(CCCc3ccccc32)C1=O. The molecule has 1 spiro atoms. The highest BCUT2D eigenvalue weighted by Crippen LogP contribution is 2.39. The highest BCUT2D eigenvalue weighted by atomic mass is 16.5. The molecule has 0 unspecified atom stereocenters. The van der Waals surface area contributed by atoms with Gasteiger partial charge in [-0.1, -0.05) is 66.7 Å². The third-order valence-corrected chi connectivity index (χ3v) is 7.22. The zero-order chi connectivity index (χ0) is 25.8. The van der Waals surface area contributed by atoms with Crippen molar-refractivity contribution in [2.45, 2.75) is 44.9 Å². The number of hydrogen-bond acceptors (Lipinski definition) is 4. The van der Waals surface area contributed by atoms with E-state index in [2.05, 4.69) is 5.32 Å². The van der Waals surface area contributed by atoms with Gasteiger partial charge in [-0.05, 0) is 60.6 Å². The zero-order valence-electron chi connectivity index (χ0n) is 21.0. The molecule has 1 N–H and O–H groups in total. The quantitative estimate of drug-likeness (QED) is 0.468. The molecule has 3 aromatic rings. The maximum absolute atomic E-state index is 13.5. The van der Waals surface area contributed by atoms with Crippen LogP contribution in [0.25, 0.3) is 0 Å². The summed E-state index contributed by atoms with van der Waals surface area (Å²) < 4.78 is 5.85. The van der Waals surface area contributed by atoms with Gasteiger partial charge >= 0.3 is 6.03 Å². The Bertz CT molecular complexity index is 1290. The fraction of sp³-hybridized carbons (Fsp3) is 0.300. The minimum atomic E-state index is -1.07. The molecule has 0 bridgehead atoms. The van der Waals surface area contributed by atoms with Crippen LogP contribution in [0.2, 0.25) is 0 Å². The summed E-state index contributed by atoms with van der Waals surface area (Å²) in [6.45, 7) is 2.94. The van der Waals surface area contributed by atoms with Crippen LogP contribution in [0.15, 0.2) is 78.9 Å². The van der Waals surface area contributed by atoms with Gasteiger partial charge in [0.05, 0.1) is 0 Å². The standard InChI is InChI=1S/C30H31N3O4/c1-2-32(19-22-14-16-25(17-15-22)37-21-23-9-4-3-5-10-23)27(34)20-33-28(35)30(31-29(33)36)18-8-12-24-11-6-7-13-26(24)30/h3-7,9-11,13-17H,2,8,12,18-21H2,1H3,(H,31,36)/t30-/m1/s1. The number of nitrogens with zero attached hydrogens (tertiary/aromatic N) is 2. The number of nitrogens with one attached hydrogen (secondary N) is 1. The summed E-state index contributed by atoms with van der Waals surface area (Å²) in [6.07, 6.45) is 2.21. The second-order valence-electron chi connectivity index (χ2n) is 9.56. The molecule has 190 valence electrons. The van der Waals surface area contributed by atoms with Crippen molar-refractivity contribution < 1.29 is 19.1 Å². The maximum Gasteiger partial charge on any atom is 0.325 e. The minimum Gasteiger partial charge on any atom is -0.489 e. The minimum absolute atomic E-state index is 0.267. The van der Waals surface area contributed by atoms with Gasteiger partial charge in [0, 0.05) is 13.1 Å².